The fraction of sp³-hybridized carbons (Fsp3) is 0.0137. The van der Waals surface area contributed by atoms with Gasteiger partial charge in [-0.05, 0) is 178 Å². The summed E-state index contributed by atoms with van der Waals surface area (Å²) in [6.45, 7) is 4.94. The SMILES string of the molecule is C=C1/C=C\C=C/COc2ccc(N(c3ccc(-c4cc(-c5ccc6c(c5)c5ccccc5n6-c5ccccc5)cc(-c5ccc6c(c5)c5ccccc5n6-c5ccccc5)c4)cc3)c3ccc4oc5ccccc5c4c3)cc21. The molecule has 1 aliphatic heterocycles. The summed E-state index contributed by atoms with van der Waals surface area (Å²) in [5.74, 6) is 0.796. The van der Waals surface area contributed by atoms with Gasteiger partial charge in [0.15, 0.2) is 0 Å². The van der Waals surface area contributed by atoms with Gasteiger partial charge in [-0.2, -0.15) is 0 Å². The molecule has 5 heteroatoms. The second-order valence-corrected chi connectivity index (χ2v) is 20.1. The molecule has 0 radical (unpaired) electrons. The van der Waals surface area contributed by atoms with E-state index in [1.54, 1.807) is 0 Å². The number of rotatable bonds is 8. The first kappa shape index (κ1) is 45.1. The highest BCUT2D eigenvalue weighted by atomic mass is 16.5. The summed E-state index contributed by atoms with van der Waals surface area (Å²) >= 11 is 0. The molecule has 368 valence electrons. The third kappa shape index (κ3) is 7.63. The second kappa shape index (κ2) is 18.5. The van der Waals surface area contributed by atoms with Gasteiger partial charge in [-0.25, -0.2) is 0 Å². The molecule has 1 aliphatic rings. The highest BCUT2D eigenvalue weighted by molar-refractivity contribution is 6.12. The zero-order valence-electron chi connectivity index (χ0n) is 42.6. The Labute approximate surface area is 451 Å². The molecule has 0 saturated carbocycles. The lowest BCUT2D eigenvalue weighted by Gasteiger charge is -2.27. The minimum atomic E-state index is 0.475. The molecule has 0 spiro atoms. The van der Waals surface area contributed by atoms with E-state index >= 15 is 0 Å². The van der Waals surface area contributed by atoms with E-state index in [4.69, 9.17) is 9.15 Å². The molecule has 0 aliphatic carbocycles. The van der Waals surface area contributed by atoms with Gasteiger partial charge in [-0.15, -0.1) is 0 Å². The number of fused-ring (bicyclic) bond motifs is 10. The number of para-hydroxylation sites is 5. The number of aromatic nitrogens is 2. The van der Waals surface area contributed by atoms with Crippen LogP contribution in [0.1, 0.15) is 5.56 Å². The molecule has 0 amide bonds. The van der Waals surface area contributed by atoms with Crippen LogP contribution in [0.4, 0.5) is 17.1 Å². The van der Waals surface area contributed by atoms with E-state index in [1.165, 1.54) is 43.6 Å². The molecule has 3 aromatic heterocycles. The second-order valence-electron chi connectivity index (χ2n) is 20.1. The van der Waals surface area contributed by atoms with Crippen molar-refractivity contribution in [1.29, 1.82) is 0 Å². The first-order valence-corrected chi connectivity index (χ1v) is 26.5. The number of hydrogen-bond acceptors (Lipinski definition) is 3. The predicted molar refractivity (Wildman–Crippen MR) is 326 cm³/mol. The van der Waals surface area contributed by atoms with Crippen LogP contribution in [0.15, 0.2) is 284 Å². The number of hydrogen-bond donors (Lipinski definition) is 0. The van der Waals surface area contributed by atoms with Crippen LogP contribution in [0.25, 0.3) is 116 Å². The first-order valence-electron chi connectivity index (χ1n) is 26.5. The molecule has 15 rings (SSSR count). The Morgan fingerprint density at radius 3 is 1.50 bits per heavy atom. The van der Waals surface area contributed by atoms with E-state index in [-0.39, 0.29) is 0 Å². The van der Waals surface area contributed by atoms with Crippen LogP contribution in [-0.2, 0) is 0 Å². The molecular weight excluding hydrogens is 951 g/mol. The van der Waals surface area contributed by atoms with Gasteiger partial charge < -0.3 is 23.2 Å². The number of allylic oxidation sites excluding steroid dienone is 4. The van der Waals surface area contributed by atoms with Gasteiger partial charge >= 0.3 is 0 Å². The maximum absolute atomic E-state index is 6.33. The molecule has 4 heterocycles. The minimum Gasteiger partial charge on any atom is -0.489 e. The van der Waals surface area contributed by atoms with Crippen LogP contribution in [0, 0.1) is 0 Å². The van der Waals surface area contributed by atoms with Crippen molar-refractivity contribution in [3.05, 3.63) is 285 Å². The fourth-order valence-electron chi connectivity index (χ4n) is 11.8. The average molecular weight is 1000 g/mol. The van der Waals surface area contributed by atoms with Crippen molar-refractivity contribution >= 4 is 88.2 Å². The van der Waals surface area contributed by atoms with Gasteiger partial charge in [-0.1, -0.05) is 140 Å². The van der Waals surface area contributed by atoms with Gasteiger partial charge in [0.25, 0.3) is 0 Å². The standard InChI is InChI=1S/C73H49N3O2/c1-48-17-5-4-16-40-77-71-38-34-58(46-63(48)71)74(59-35-39-73-66(47-59)62-24-12-15-27-72(62)78-73)57-32-28-49(29-33-57)52-41-53(50-30-36-69-64(44-50)60-22-10-13-25-67(60)75(69)55-18-6-2-7-19-55)43-54(42-52)51-31-37-70-65(45-51)61-23-11-14-26-68(61)76(70)56-20-8-3-9-21-56/h2-39,41-47H,1,40H2/b16-4-,17-5-. The number of benzene rings is 11. The summed E-state index contributed by atoms with van der Waals surface area (Å²) in [7, 11) is 0. The maximum Gasteiger partial charge on any atom is 0.135 e. The Kier molecular flexibility index (Phi) is 10.7. The monoisotopic (exact) mass is 999 g/mol. The van der Waals surface area contributed by atoms with Crippen molar-refractivity contribution in [3.63, 3.8) is 0 Å². The Hall–Kier alpha value is -10.4. The average Bonchev–Trinajstić information content (AvgIpc) is 4.25. The highest BCUT2D eigenvalue weighted by Gasteiger charge is 2.21. The van der Waals surface area contributed by atoms with Gasteiger partial charge in [0.1, 0.15) is 23.5 Å². The number of furan rings is 1. The van der Waals surface area contributed by atoms with Gasteiger partial charge in [0.05, 0.1) is 22.1 Å². The molecule has 11 aromatic carbocycles. The smallest absolute Gasteiger partial charge is 0.135 e. The maximum atomic E-state index is 6.33. The Morgan fingerprint density at radius 1 is 0.359 bits per heavy atom. The predicted octanol–water partition coefficient (Wildman–Crippen LogP) is 19.8. The van der Waals surface area contributed by atoms with Crippen molar-refractivity contribution in [2.24, 2.45) is 0 Å². The lowest BCUT2D eigenvalue weighted by Crippen LogP contribution is -2.10. The van der Waals surface area contributed by atoms with Gasteiger partial charge in [0, 0.05) is 66.3 Å². The highest BCUT2D eigenvalue weighted by Crippen LogP contribution is 2.44. The molecule has 0 bridgehead atoms. The summed E-state index contributed by atoms with van der Waals surface area (Å²) < 4.78 is 17.4. The largest absolute Gasteiger partial charge is 0.489 e. The first-order chi connectivity index (χ1) is 38.6. The molecule has 0 N–H and O–H groups in total. The van der Waals surface area contributed by atoms with E-state index < -0.39 is 0 Å². The van der Waals surface area contributed by atoms with Gasteiger partial charge in [0.2, 0.25) is 0 Å². The van der Waals surface area contributed by atoms with Gasteiger partial charge in [-0.3, -0.25) is 0 Å². The Balaban J connectivity index is 0.900. The summed E-state index contributed by atoms with van der Waals surface area (Å²) in [6, 6.07) is 90.0. The third-order valence-electron chi connectivity index (χ3n) is 15.5. The van der Waals surface area contributed by atoms with Crippen molar-refractivity contribution in [3.8, 4) is 50.5 Å². The topological polar surface area (TPSA) is 35.5 Å². The van der Waals surface area contributed by atoms with Crippen LogP contribution in [-0.4, -0.2) is 15.7 Å². The summed E-state index contributed by atoms with van der Waals surface area (Å²) in [6.07, 6.45) is 8.08. The fourth-order valence-corrected chi connectivity index (χ4v) is 11.8. The molecular formula is C73H49N3O2. The van der Waals surface area contributed by atoms with E-state index in [0.717, 1.165) is 101 Å². The molecule has 14 aromatic rings. The van der Waals surface area contributed by atoms with E-state index in [2.05, 4.69) is 257 Å². The van der Waals surface area contributed by atoms with Crippen LogP contribution in [0.2, 0.25) is 0 Å². The van der Waals surface area contributed by atoms with Crippen molar-refractivity contribution in [2.45, 2.75) is 0 Å². The van der Waals surface area contributed by atoms with Crippen molar-refractivity contribution in [1.82, 2.24) is 9.13 Å². The Morgan fingerprint density at radius 2 is 0.859 bits per heavy atom. The lowest BCUT2D eigenvalue weighted by atomic mass is 9.92. The van der Waals surface area contributed by atoms with Crippen LogP contribution >= 0.6 is 0 Å². The van der Waals surface area contributed by atoms with Crippen molar-refractivity contribution in [2.75, 3.05) is 11.5 Å². The van der Waals surface area contributed by atoms with E-state index in [9.17, 15) is 0 Å². The number of nitrogens with zero attached hydrogens (tertiary/aromatic N) is 3. The number of ether oxygens (including phenoxy) is 1. The summed E-state index contributed by atoms with van der Waals surface area (Å²) in [5.41, 5.74) is 20.4. The summed E-state index contributed by atoms with van der Waals surface area (Å²) in [5, 5.41) is 7.01. The molecule has 0 atom stereocenters. The number of anilines is 3. The Bertz CT molecular complexity index is 4570. The molecule has 5 nitrogen and oxygen atoms in total. The molecule has 0 fully saturated rings. The molecule has 78 heavy (non-hydrogen) atoms. The molecule has 0 unspecified atom stereocenters. The zero-order chi connectivity index (χ0) is 51.7. The van der Waals surface area contributed by atoms with Crippen LogP contribution < -0.4 is 9.64 Å². The quantitative estimate of drug-likeness (QED) is 0.152. The van der Waals surface area contributed by atoms with Crippen molar-refractivity contribution < 1.29 is 9.15 Å². The molecule has 0 saturated heterocycles. The summed E-state index contributed by atoms with van der Waals surface area (Å²) in [4.78, 5) is 2.32. The van der Waals surface area contributed by atoms with Crippen LogP contribution in [0.3, 0.4) is 0 Å². The lowest BCUT2D eigenvalue weighted by molar-refractivity contribution is 0.362. The van der Waals surface area contributed by atoms with Crippen LogP contribution in [0.5, 0.6) is 5.75 Å². The minimum absolute atomic E-state index is 0.475. The van der Waals surface area contributed by atoms with E-state index in [1.807, 2.05) is 36.4 Å². The third-order valence-corrected chi connectivity index (χ3v) is 15.5. The normalized spacial score (nSPS) is 13.4. The zero-order valence-corrected chi connectivity index (χ0v) is 42.6. The van der Waals surface area contributed by atoms with E-state index in [0.29, 0.717) is 6.61 Å².